The van der Waals surface area contributed by atoms with E-state index in [2.05, 4.69) is 21.3 Å². The molecule has 0 aliphatic heterocycles. The van der Waals surface area contributed by atoms with Crippen molar-refractivity contribution in [2.24, 2.45) is 0 Å². The monoisotopic (exact) mass is 554 g/mol. The molecule has 204 valence electrons. The predicted octanol–water partition coefficient (Wildman–Crippen LogP) is 6.22. The van der Waals surface area contributed by atoms with Gasteiger partial charge in [0.25, 0.3) is 11.8 Å². The number of amides is 2. The molecule has 0 unspecified atom stereocenters. The Morgan fingerprint density at radius 3 is 2.05 bits per heavy atom. The Labute approximate surface area is 238 Å². The lowest BCUT2D eigenvalue weighted by Gasteiger charge is -2.15. The van der Waals surface area contributed by atoms with Crippen molar-refractivity contribution in [2.45, 2.75) is 6.92 Å². The van der Waals surface area contributed by atoms with Crippen molar-refractivity contribution in [3.05, 3.63) is 114 Å². The minimum atomic E-state index is -0.435. The van der Waals surface area contributed by atoms with E-state index in [-0.39, 0.29) is 11.0 Å². The number of benzene rings is 4. The van der Waals surface area contributed by atoms with Crippen LogP contribution in [0.15, 0.2) is 103 Å². The molecule has 0 fully saturated rings. The lowest BCUT2D eigenvalue weighted by atomic mass is 10.1. The second-order valence-corrected chi connectivity index (χ2v) is 8.93. The van der Waals surface area contributed by atoms with Gasteiger partial charge < -0.3 is 25.4 Å². The lowest BCUT2D eigenvalue weighted by molar-refractivity contribution is 0.0958. The molecular weight excluding hydrogens is 524 g/mol. The van der Waals surface area contributed by atoms with Crippen LogP contribution in [0, 0.1) is 0 Å². The first kappa shape index (κ1) is 28.3. The van der Waals surface area contributed by atoms with E-state index in [4.69, 9.17) is 21.7 Å². The van der Waals surface area contributed by atoms with Crippen molar-refractivity contribution < 1.29 is 19.1 Å². The van der Waals surface area contributed by atoms with Gasteiger partial charge in [-0.15, -0.1) is 0 Å². The average Bonchev–Trinajstić information content (AvgIpc) is 2.97. The molecule has 0 radical (unpaired) electrons. The van der Waals surface area contributed by atoms with Crippen molar-refractivity contribution in [1.82, 2.24) is 5.32 Å². The molecule has 0 bridgehead atoms. The summed E-state index contributed by atoms with van der Waals surface area (Å²) in [4.78, 5) is 26.0. The Morgan fingerprint density at radius 2 is 1.30 bits per heavy atom. The summed E-state index contributed by atoms with van der Waals surface area (Å²) in [6, 6.07) is 31.0. The number of anilines is 4. The second kappa shape index (κ2) is 14.4. The Kier molecular flexibility index (Phi) is 10.2. The maximum Gasteiger partial charge on any atom is 0.261 e. The number of hydrogen-bond acceptors (Lipinski definition) is 6. The number of carbonyl (C=O) groups is 2. The Balaban J connectivity index is 1.36. The molecule has 0 saturated carbocycles. The van der Waals surface area contributed by atoms with Crippen molar-refractivity contribution in [1.29, 1.82) is 0 Å². The number of thiocarbonyl (C=S) groups is 1. The molecule has 4 aromatic rings. The Hall–Kier alpha value is -4.73. The fourth-order valence-electron chi connectivity index (χ4n) is 3.77. The van der Waals surface area contributed by atoms with Crippen LogP contribution in [0.25, 0.3) is 0 Å². The zero-order valence-electron chi connectivity index (χ0n) is 22.0. The molecule has 0 aliphatic carbocycles. The van der Waals surface area contributed by atoms with Crippen LogP contribution < -0.4 is 26.0 Å². The predicted molar refractivity (Wildman–Crippen MR) is 163 cm³/mol. The summed E-state index contributed by atoms with van der Waals surface area (Å²) in [6.07, 6.45) is 0. The first-order valence-corrected chi connectivity index (χ1v) is 13.2. The van der Waals surface area contributed by atoms with Gasteiger partial charge in [-0.3, -0.25) is 14.9 Å². The van der Waals surface area contributed by atoms with Gasteiger partial charge in [-0.1, -0.05) is 42.5 Å². The molecule has 2 amide bonds. The van der Waals surface area contributed by atoms with Crippen LogP contribution in [-0.4, -0.2) is 36.7 Å². The van der Waals surface area contributed by atoms with Gasteiger partial charge in [0.2, 0.25) is 0 Å². The molecule has 4 rings (SSSR count). The molecule has 40 heavy (non-hydrogen) atoms. The van der Waals surface area contributed by atoms with Crippen LogP contribution in [-0.2, 0) is 4.74 Å². The van der Waals surface area contributed by atoms with E-state index < -0.39 is 5.91 Å². The van der Waals surface area contributed by atoms with Gasteiger partial charge in [0.15, 0.2) is 5.11 Å². The summed E-state index contributed by atoms with van der Waals surface area (Å²) in [7, 11) is 0. The maximum atomic E-state index is 13.1. The number of ether oxygens (including phenoxy) is 2. The highest BCUT2D eigenvalue weighted by Gasteiger charge is 2.16. The summed E-state index contributed by atoms with van der Waals surface area (Å²) in [5, 5.41) is 11.9. The quantitative estimate of drug-likeness (QED) is 0.129. The standard InChI is InChI=1S/C31H30N4O4S/c1-2-38-20-21-39-28-15-9-7-13-26(28)30(37)35-31(40)34-27-14-8-6-12-25(27)29(36)33-24-18-16-23(17-19-24)32-22-10-4-3-5-11-22/h3-19,32H,2,20-21H2,1H3,(H,33,36)(H2,34,35,37,40). The van der Waals surface area contributed by atoms with Gasteiger partial charge in [0.1, 0.15) is 12.4 Å². The van der Waals surface area contributed by atoms with Gasteiger partial charge in [0.05, 0.1) is 23.4 Å². The van der Waals surface area contributed by atoms with Crippen LogP contribution >= 0.6 is 12.2 Å². The van der Waals surface area contributed by atoms with Gasteiger partial charge in [-0.2, -0.15) is 0 Å². The van der Waals surface area contributed by atoms with Crippen LogP contribution in [0.5, 0.6) is 5.75 Å². The summed E-state index contributed by atoms with van der Waals surface area (Å²) in [5.41, 5.74) is 3.65. The van der Waals surface area contributed by atoms with E-state index in [1.807, 2.05) is 61.5 Å². The minimum Gasteiger partial charge on any atom is -0.490 e. The summed E-state index contributed by atoms with van der Waals surface area (Å²) in [6.45, 7) is 3.22. The summed E-state index contributed by atoms with van der Waals surface area (Å²) >= 11 is 5.38. The fourth-order valence-corrected chi connectivity index (χ4v) is 3.98. The second-order valence-electron chi connectivity index (χ2n) is 8.52. The van der Waals surface area contributed by atoms with Gasteiger partial charge in [-0.05, 0) is 79.8 Å². The van der Waals surface area contributed by atoms with Crippen LogP contribution in [0.2, 0.25) is 0 Å². The Morgan fingerprint density at radius 1 is 0.675 bits per heavy atom. The van der Waals surface area contributed by atoms with Gasteiger partial charge >= 0.3 is 0 Å². The average molecular weight is 555 g/mol. The van der Waals surface area contributed by atoms with E-state index in [0.29, 0.717) is 48.1 Å². The number of hydrogen-bond donors (Lipinski definition) is 4. The number of rotatable bonds is 11. The smallest absolute Gasteiger partial charge is 0.261 e. The van der Waals surface area contributed by atoms with Crippen molar-refractivity contribution in [2.75, 3.05) is 35.8 Å². The van der Waals surface area contributed by atoms with Crippen molar-refractivity contribution >= 4 is 51.9 Å². The third-order valence-corrected chi connectivity index (χ3v) is 5.88. The van der Waals surface area contributed by atoms with Gasteiger partial charge in [-0.25, -0.2) is 0 Å². The molecule has 0 aliphatic rings. The lowest BCUT2D eigenvalue weighted by Crippen LogP contribution is -2.35. The molecule has 4 N–H and O–H groups in total. The zero-order valence-corrected chi connectivity index (χ0v) is 22.8. The number of carbonyl (C=O) groups excluding carboxylic acids is 2. The van der Waals surface area contributed by atoms with Crippen molar-refractivity contribution in [3.8, 4) is 5.75 Å². The van der Waals surface area contributed by atoms with Gasteiger partial charge in [0, 0.05) is 23.7 Å². The number of para-hydroxylation sites is 3. The topological polar surface area (TPSA) is 101 Å². The SMILES string of the molecule is CCOCCOc1ccccc1C(=O)NC(=S)Nc1ccccc1C(=O)Nc1ccc(Nc2ccccc2)cc1. The highest BCUT2D eigenvalue weighted by atomic mass is 32.1. The largest absolute Gasteiger partial charge is 0.490 e. The highest BCUT2D eigenvalue weighted by molar-refractivity contribution is 7.80. The molecule has 0 atom stereocenters. The molecular formula is C31H30N4O4S. The molecule has 0 heterocycles. The normalized spacial score (nSPS) is 10.3. The molecule has 0 saturated heterocycles. The van der Waals surface area contributed by atoms with E-state index in [0.717, 1.165) is 11.4 Å². The Bertz CT molecular complexity index is 1450. The maximum absolute atomic E-state index is 13.1. The van der Waals surface area contributed by atoms with Crippen LogP contribution in [0.1, 0.15) is 27.6 Å². The van der Waals surface area contributed by atoms with E-state index in [1.165, 1.54) is 0 Å². The van der Waals surface area contributed by atoms with Crippen LogP contribution in [0.3, 0.4) is 0 Å². The number of nitrogens with one attached hydrogen (secondary N) is 4. The third-order valence-electron chi connectivity index (χ3n) is 5.67. The summed E-state index contributed by atoms with van der Waals surface area (Å²) in [5.74, 6) is -0.336. The van der Waals surface area contributed by atoms with E-state index in [1.54, 1.807) is 48.5 Å². The minimum absolute atomic E-state index is 0.0470. The van der Waals surface area contributed by atoms with E-state index in [9.17, 15) is 9.59 Å². The molecule has 4 aromatic carbocycles. The summed E-state index contributed by atoms with van der Waals surface area (Å²) < 4.78 is 11.0. The molecule has 8 nitrogen and oxygen atoms in total. The highest BCUT2D eigenvalue weighted by Crippen LogP contribution is 2.22. The zero-order chi connectivity index (χ0) is 28.2. The third kappa shape index (κ3) is 8.13. The molecule has 0 aromatic heterocycles. The van der Waals surface area contributed by atoms with Crippen molar-refractivity contribution in [3.63, 3.8) is 0 Å². The first-order chi connectivity index (χ1) is 19.5. The molecule has 9 heteroatoms. The molecule has 0 spiro atoms. The van der Waals surface area contributed by atoms with Crippen LogP contribution in [0.4, 0.5) is 22.7 Å². The first-order valence-electron chi connectivity index (χ1n) is 12.8. The fraction of sp³-hybridized carbons (Fsp3) is 0.129. The van der Waals surface area contributed by atoms with E-state index >= 15 is 0 Å².